The molecule has 0 aliphatic carbocycles. The Bertz CT molecular complexity index is 1090. The molecule has 0 radical (unpaired) electrons. The Kier molecular flexibility index (Phi) is 5.25. The molecule has 1 fully saturated rings. The van der Waals surface area contributed by atoms with E-state index in [1.165, 1.54) is 23.8 Å². The molecule has 0 unspecified atom stereocenters. The molecule has 8 heteroatoms. The molecule has 2 N–H and O–H groups in total. The number of piperidine rings is 1. The van der Waals surface area contributed by atoms with Crippen molar-refractivity contribution in [3.05, 3.63) is 68.9 Å². The van der Waals surface area contributed by atoms with Crippen molar-refractivity contribution in [3.63, 3.8) is 0 Å². The van der Waals surface area contributed by atoms with E-state index < -0.39 is 10.8 Å². The lowest BCUT2D eigenvalue weighted by Crippen LogP contribution is -2.29. The van der Waals surface area contributed by atoms with Crippen molar-refractivity contribution in [2.75, 3.05) is 25.5 Å². The van der Waals surface area contributed by atoms with Crippen LogP contribution < -0.4 is 5.32 Å². The van der Waals surface area contributed by atoms with Crippen LogP contribution in [0.25, 0.3) is 10.9 Å². The molecule has 0 saturated carbocycles. The highest BCUT2D eigenvalue weighted by Crippen LogP contribution is 2.34. The molecule has 0 spiro atoms. The summed E-state index contributed by atoms with van der Waals surface area (Å²) < 4.78 is 0. The van der Waals surface area contributed by atoms with Crippen molar-refractivity contribution in [3.8, 4) is 0 Å². The fraction of sp³-hybridized carbons (Fsp3) is 0.286. The van der Waals surface area contributed by atoms with Crippen molar-refractivity contribution >= 4 is 39.8 Å². The molecule has 0 bridgehead atoms. The lowest BCUT2D eigenvalue weighted by atomic mass is 9.89. The number of carbonyl (C=O) groups excluding carboxylic acids is 1. The normalized spacial score (nSPS) is 15.5. The fourth-order valence-corrected chi connectivity index (χ4v) is 4.06. The first-order valence-electron chi connectivity index (χ1n) is 9.47. The van der Waals surface area contributed by atoms with Gasteiger partial charge in [-0.3, -0.25) is 14.9 Å². The van der Waals surface area contributed by atoms with E-state index in [1.54, 1.807) is 0 Å². The van der Waals surface area contributed by atoms with Gasteiger partial charge in [0, 0.05) is 34.4 Å². The monoisotopic (exact) mass is 412 g/mol. The quantitative estimate of drug-likeness (QED) is 0.476. The molecule has 7 nitrogen and oxygen atoms in total. The molecule has 4 rings (SSSR count). The van der Waals surface area contributed by atoms with Gasteiger partial charge in [0.15, 0.2) is 0 Å². The number of aromatic nitrogens is 1. The Hall–Kier alpha value is -2.90. The van der Waals surface area contributed by atoms with Gasteiger partial charge in [0.25, 0.3) is 11.6 Å². The van der Waals surface area contributed by atoms with Crippen molar-refractivity contribution in [1.82, 2.24) is 9.88 Å². The summed E-state index contributed by atoms with van der Waals surface area (Å²) in [4.78, 5) is 28.7. The van der Waals surface area contributed by atoms with Crippen LogP contribution in [0.3, 0.4) is 0 Å². The fourth-order valence-electron chi connectivity index (χ4n) is 3.87. The Morgan fingerprint density at radius 1 is 1.24 bits per heavy atom. The molecule has 1 saturated heterocycles. The topological polar surface area (TPSA) is 91.3 Å². The van der Waals surface area contributed by atoms with Gasteiger partial charge in [-0.05, 0) is 74.8 Å². The summed E-state index contributed by atoms with van der Waals surface area (Å²) in [5.41, 5.74) is 2.84. The van der Waals surface area contributed by atoms with Gasteiger partial charge in [-0.2, -0.15) is 0 Å². The number of aromatic amines is 1. The van der Waals surface area contributed by atoms with E-state index in [9.17, 15) is 14.9 Å². The lowest BCUT2D eigenvalue weighted by Gasteiger charge is -2.28. The third-order valence-corrected chi connectivity index (χ3v) is 5.85. The van der Waals surface area contributed by atoms with Crippen LogP contribution in [-0.2, 0) is 0 Å². The van der Waals surface area contributed by atoms with E-state index in [4.69, 9.17) is 11.6 Å². The number of anilines is 1. The minimum absolute atomic E-state index is 0.00283. The van der Waals surface area contributed by atoms with Crippen molar-refractivity contribution in [2.24, 2.45) is 0 Å². The number of nitrogens with one attached hydrogen (secondary N) is 2. The van der Waals surface area contributed by atoms with Crippen LogP contribution in [0, 0.1) is 10.1 Å². The zero-order chi connectivity index (χ0) is 20.5. The van der Waals surface area contributed by atoms with Gasteiger partial charge in [0.05, 0.1) is 4.92 Å². The summed E-state index contributed by atoms with van der Waals surface area (Å²) in [5, 5.41) is 15.0. The zero-order valence-electron chi connectivity index (χ0n) is 15.9. The van der Waals surface area contributed by atoms with Gasteiger partial charge >= 0.3 is 0 Å². The molecular formula is C21H21ClN4O3. The van der Waals surface area contributed by atoms with Gasteiger partial charge < -0.3 is 15.2 Å². The molecular weight excluding hydrogens is 392 g/mol. The second-order valence-electron chi connectivity index (χ2n) is 7.46. The number of likely N-dealkylation sites (tertiary alicyclic amines) is 1. The number of H-pyrrole nitrogens is 1. The van der Waals surface area contributed by atoms with Crippen LogP contribution in [0.15, 0.2) is 42.6 Å². The summed E-state index contributed by atoms with van der Waals surface area (Å²) in [5.74, 6) is 0.0744. The van der Waals surface area contributed by atoms with Gasteiger partial charge in [-0.25, -0.2) is 0 Å². The van der Waals surface area contributed by atoms with Crippen molar-refractivity contribution in [2.45, 2.75) is 18.8 Å². The third-order valence-electron chi connectivity index (χ3n) is 5.54. The summed E-state index contributed by atoms with van der Waals surface area (Å²) in [6.45, 7) is 2.15. The van der Waals surface area contributed by atoms with E-state index in [1.807, 2.05) is 18.2 Å². The SMILES string of the molecule is CN1CCC(c2c[nH]c3ccc(NC(=O)c4ccc(Cl)c([N+](=O)[O-])c4)cc23)CC1. The van der Waals surface area contributed by atoms with Gasteiger partial charge in [0.1, 0.15) is 5.02 Å². The number of benzene rings is 2. The van der Waals surface area contributed by atoms with Crippen LogP contribution >= 0.6 is 11.6 Å². The second kappa shape index (κ2) is 7.85. The number of nitro benzene ring substituents is 1. The first-order chi connectivity index (χ1) is 13.9. The van der Waals surface area contributed by atoms with E-state index in [0.29, 0.717) is 11.6 Å². The van der Waals surface area contributed by atoms with Crippen LogP contribution in [-0.4, -0.2) is 40.9 Å². The average Bonchev–Trinajstić information content (AvgIpc) is 3.12. The maximum absolute atomic E-state index is 12.6. The van der Waals surface area contributed by atoms with Crippen molar-refractivity contribution < 1.29 is 9.72 Å². The number of amides is 1. The predicted octanol–water partition coefficient (Wildman–Crippen LogP) is 4.79. The number of fused-ring (bicyclic) bond motifs is 1. The van der Waals surface area contributed by atoms with E-state index in [2.05, 4.69) is 28.4 Å². The largest absolute Gasteiger partial charge is 0.361 e. The van der Waals surface area contributed by atoms with Crippen LogP contribution in [0.5, 0.6) is 0 Å². The number of nitro groups is 1. The van der Waals surface area contributed by atoms with E-state index >= 15 is 0 Å². The van der Waals surface area contributed by atoms with Crippen LogP contribution in [0.2, 0.25) is 5.02 Å². The Labute approximate surface area is 172 Å². The first-order valence-corrected chi connectivity index (χ1v) is 9.85. The highest BCUT2D eigenvalue weighted by Gasteiger charge is 2.21. The van der Waals surface area contributed by atoms with Crippen LogP contribution in [0.4, 0.5) is 11.4 Å². The summed E-state index contributed by atoms with van der Waals surface area (Å²) in [6.07, 6.45) is 4.28. The predicted molar refractivity (Wildman–Crippen MR) is 114 cm³/mol. The molecule has 1 amide bonds. The number of halogens is 1. The number of hydrogen-bond acceptors (Lipinski definition) is 4. The van der Waals surface area contributed by atoms with Crippen molar-refractivity contribution in [1.29, 1.82) is 0 Å². The Morgan fingerprint density at radius 3 is 2.72 bits per heavy atom. The second-order valence-corrected chi connectivity index (χ2v) is 7.87. The maximum Gasteiger partial charge on any atom is 0.288 e. The van der Waals surface area contributed by atoms with E-state index in [-0.39, 0.29) is 16.3 Å². The highest BCUT2D eigenvalue weighted by molar-refractivity contribution is 6.32. The lowest BCUT2D eigenvalue weighted by molar-refractivity contribution is -0.384. The summed E-state index contributed by atoms with van der Waals surface area (Å²) in [6, 6.07) is 9.75. The third kappa shape index (κ3) is 3.97. The molecule has 3 aromatic rings. The number of rotatable bonds is 4. The standard InChI is InChI=1S/C21H21ClN4O3/c1-25-8-6-13(7-9-25)17-12-23-19-5-3-15(11-16(17)19)24-21(27)14-2-4-18(22)20(10-14)26(28)29/h2-5,10-13,23H,6-9H2,1H3,(H,24,27). The summed E-state index contributed by atoms with van der Waals surface area (Å²) >= 11 is 5.83. The number of carbonyl (C=O) groups is 1. The Morgan fingerprint density at radius 2 is 2.00 bits per heavy atom. The van der Waals surface area contributed by atoms with Gasteiger partial charge in [-0.1, -0.05) is 11.6 Å². The molecule has 1 aliphatic rings. The Balaban J connectivity index is 1.58. The summed E-state index contributed by atoms with van der Waals surface area (Å²) in [7, 11) is 2.14. The first kappa shape index (κ1) is 19.4. The molecule has 1 aromatic heterocycles. The van der Waals surface area contributed by atoms with E-state index in [0.717, 1.165) is 36.8 Å². The smallest absolute Gasteiger partial charge is 0.288 e. The minimum atomic E-state index is -0.598. The zero-order valence-corrected chi connectivity index (χ0v) is 16.7. The molecule has 2 aromatic carbocycles. The molecule has 0 atom stereocenters. The minimum Gasteiger partial charge on any atom is -0.361 e. The molecule has 29 heavy (non-hydrogen) atoms. The molecule has 1 aliphatic heterocycles. The van der Waals surface area contributed by atoms with Gasteiger partial charge in [-0.15, -0.1) is 0 Å². The number of nitrogens with zero attached hydrogens (tertiary/aromatic N) is 2. The highest BCUT2D eigenvalue weighted by atomic mass is 35.5. The van der Waals surface area contributed by atoms with Gasteiger partial charge in [0.2, 0.25) is 0 Å². The number of hydrogen-bond donors (Lipinski definition) is 2. The average molecular weight is 413 g/mol. The molecule has 150 valence electrons. The molecule has 2 heterocycles. The van der Waals surface area contributed by atoms with Crippen LogP contribution in [0.1, 0.15) is 34.7 Å². The maximum atomic E-state index is 12.6.